The third kappa shape index (κ3) is 6.44. The van der Waals surface area contributed by atoms with Crippen LogP contribution in [0.3, 0.4) is 0 Å². The van der Waals surface area contributed by atoms with E-state index in [-0.39, 0.29) is 0 Å². The molecule has 0 amide bonds. The number of nitrogens with zero attached hydrogens (tertiary/aromatic N) is 2. The summed E-state index contributed by atoms with van der Waals surface area (Å²) in [6.07, 6.45) is 7.48. The van der Waals surface area contributed by atoms with Gasteiger partial charge in [-0.2, -0.15) is 0 Å². The average molecular weight is 713 g/mol. The summed E-state index contributed by atoms with van der Waals surface area (Å²) < 4.78 is 0. The molecule has 10 rings (SSSR count). The third-order valence-corrected chi connectivity index (χ3v) is 10.8. The van der Waals surface area contributed by atoms with Gasteiger partial charge in [0, 0.05) is 35.9 Å². The van der Waals surface area contributed by atoms with Crippen LogP contribution in [0.15, 0.2) is 219 Å². The fraction of sp³-hybridized carbons (Fsp3) is 0. The van der Waals surface area contributed by atoms with Crippen molar-refractivity contribution in [1.82, 2.24) is 9.97 Å². The van der Waals surface area contributed by atoms with Crippen molar-refractivity contribution in [2.75, 3.05) is 0 Å². The Morgan fingerprint density at radius 2 is 0.589 bits per heavy atom. The fourth-order valence-corrected chi connectivity index (χ4v) is 7.99. The quantitative estimate of drug-likeness (QED) is 0.154. The molecule has 0 unspecified atom stereocenters. The van der Waals surface area contributed by atoms with Gasteiger partial charge in [0.15, 0.2) is 0 Å². The first-order valence-electron chi connectivity index (χ1n) is 19.0. The van der Waals surface area contributed by atoms with Crippen molar-refractivity contribution in [1.29, 1.82) is 0 Å². The van der Waals surface area contributed by atoms with E-state index in [1.165, 1.54) is 77.2 Å². The molecule has 0 N–H and O–H groups in total. The molecule has 0 fully saturated rings. The van der Waals surface area contributed by atoms with Crippen LogP contribution in [-0.4, -0.2) is 9.97 Å². The highest BCUT2D eigenvalue weighted by Crippen LogP contribution is 2.40. The molecule has 0 radical (unpaired) electrons. The molecule has 0 saturated carbocycles. The molecular weight excluding hydrogens is 677 g/mol. The Morgan fingerprint density at radius 3 is 1.05 bits per heavy atom. The van der Waals surface area contributed by atoms with Crippen LogP contribution >= 0.6 is 0 Å². The number of hydrogen-bond donors (Lipinski definition) is 0. The lowest BCUT2D eigenvalue weighted by molar-refractivity contribution is 1.33. The minimum atomic E-state index is 1.11. The molecule has 10 aromatic rings. The molecule has 2 nitrogen and oxygen atoms in total. The SMILES string of the molecule is c1cncc(-c2cccc(-c3cccc(-c4cc(-c5cccc(-c6cccc(-c7cccnc7)c6)c5)cc(-c5cc6ccccc6c6ccccc56)c4)c3)c2)c1. The van der Waals surface area contributed by atoms with E-state index < -0.39 is 0 Å². The number of aromatic nitrogens is 2. The van der Waals surface area contributed by atoms with Gasteiger partial charge in [0.25, 0.3) is 0 Å². The molecule has 0 aliphatic carbocycles. The zero-order valence-electron chi connectivity index (χ0n) is 30.7. The van der Waals surface area contributed by atoms with Gasteiger partial charge in [0.05, 0.1) is 0 Å². The van der Waals surface area contributed by atoms with Gasteiger partial charge in [-0.15, -0.1) is 0 Å². The summed E-state index contributed by atoms with van der Waals surface area (Å²) in [6.45, 7) is 0. The maximum atomic E-state index is 4.36. The highest BCUT2D eigenvalue weighted by molar-refractivity contribution is 6.14. The Hall–Kier alpha value is -7.42. The summed E-state index contributed by atoms with van der Waals surface area (Å²) in [5.74, 6) is 0. The maximum absolute atomic E-state index is 4.36. The van der Waals surface area contributed by atoms with E-state index in [4.69, 9.17) is 0 Å². The number of hydrogen-bond acceptors (Lipinski definition) is 2. The Balaban J connectivity index is 1.13. The summed E-state index contributed by atoms with van der Waals surface area (Å²) >= 11 is 0. The molecule has 56 heavy (non-hydrogen) atoms. The minimum absolute atomic E-state index is 1.11. The summed E-state index contributed by atoms with van der Waals surface area (Å²) in [5, 5.41) is 5.01. The Morgan fingerprint density at radius 1 is 0.232 bits per heavy atom. The van der Waals surface area contributed by atoms with Crippen molar-refractivity contribution in [3.8, 4) is 77.9 Å². The second-order valence-electron chi connectivity index (χ2n) is 14.3. The van der Waals surface area contributed by atoms with E-state index in [2.05, 4.69) is 192 Å². The molecule has 2 heterocycles. The maximum Gasteiger partial charge on any atom is 0.0346 e. The van der Waals surface area contributed by atoms with E-state index in [9.17, 15) is 0 Å². The number of fused-ring (bicyclic) bond motifs is 3. The molecule has 0 aliphatic rings. The minimum Gasteiger partial charge on any atom is -0.264 e. The smallest absolute Gasteiger partial charge is 0.0346 e. The van der Waals surface area contributed by atoms with Crippen LogP contribution in [0.2, 0.25) is 0 Å². The van der Waals surface area contributed by atoms with Crippen LogP contribution in [0.5, 0.6) is 0 Å². The fourth-order valence-electron chi connectivity index (χ4n) is 7.99. The number of benzene rings is 8. The summed E-state index contributed by atoms with van der Waals surface area (Å²) in [6, 6.07) is 70.5. The van der Waals surface area contributed by atoms with Gasteiger partial charge < -0.3 is 0 Å². The van der Waals surface area contributed by atoms with Crippen molar-refractivity contribution < 1.29 is 0 Å². The van der Waals surface area contributed by atoms with E-state index in [0.717, 1.165) is 22.3 Å². The van der Waals surface area contributed by atoms with Crippen LogP contribution in [0.25, 0.3) is 99.4 Å². The molecule has 0 spiro atoms. The Labute approximate surface area is 327 Å². The van der Waals surface area contributed by atoms with Gasteiger partial charge in [0.1, 0.15) is 0 Å². The van der Waals surface area contributed by atoms with Gasteiger partial charge in [-0.3, -0.25) is 9.97 Å². The van der Waals surface area contributed by atoms with Crippen LogP contribution in [0, 0.1) is 0 Å². The molecule has 0 atom stereocenters. The lowest BCUT2D eigenvalue weighted by atomic mass is 9.88. The third-order valence-electron chi connectivity index (χ3n) is 10.8. The van der Waals surface area contributed by atoms with Crippen LogP contribution in [0.1, 0.15) is 0 Å². The second kappa shape index (κ2) is 14.4. The largest absolute Gasteiger partial charge is 0.264 e. The first-order valence-corrected chi connectivity index (χ1v) is 19.0. The topological polar surface area (TPSA) is 25.8 Å². The van der Waals surface area contributed by atoms with Gasteiger partial charge in [-0.25, -0.2) is 0 Å². The van der Waals surface area contributed by atoms with Gasteiger partial charge in [0.2, 0.25) is 0 Å². The average Bonchev–Trinajstić information content (AvgIpc) is 3.29. The van der Waals surface area contributed by atoms with Crippen LogP contribution < -0.4 is 0 Å². The van der Waals surface area contributed by atoms with Gasteiger partial charge in [-0.05, 0) is 149 Å². The summed E-state index contributed by atoms with van der Waals surface area (Å²) in [7, 11) is 0. The normalized spacial score (nSPS) is 11.2. The zero-order chi connectivity index (χ0) is 37.3. The monoisotopic (exact) mass is 712 g/mol. The van der Waals surface area contributed by atoms with Crippen LogP contribution in [0.4, 0.5) is 0 Å². The summed E-state index contributed by atoms with van der Waals surface area (Å²) in [5.41, 5.74) is 16.3. The molecule has 2 aromatic heterocycles. The van der Waals surface area contributed by atoms with E-state index in [1.807, 2.05) is 36.9 Å². The van der Waals surface area contributed by atoms with Crippen LogP contribution in [-0.2, 0) is 0 Å². The number of pyridine rings is 2. The predicted molar refractivity (Wildman–Crippen MR) is 235 cm³/mol. The molecule has 2 heteroatoms. The Bertz CT molecular complexity index is 2880. The molecule has 8 aromatic carbocycles. The molecule has 262 valence electrons. The zero-order valence-corrected chi connectivity index (χ0v) is 30.7. The predicted octanol–water partition coefficient (Wildman–Crippen LogP) is 14.5. The van der Waals surface area contributed by atoms with Gasteiger partial charge in [-0.1, -0.05) is 133 Å². The number of rotatable bonds is 7. The molecule has 0 bridgehead atoms. The standard InChI is InChI=1S/C54H36N2/c1-2-22-51-45(11-1)34-54(53-24-4-3-23-52(51)53)50-32-48(43-18-7-14-39(29-43)37-12-5-16-41(27-37)46-20-9-25-55-35-46)31-49(33-50)44-19-8-15-40(30-44)38-13-6-17-42(28-38)47-21-10-26-56-36-47/h1-36H. The highest BCUT2D eigenvalue weighted by atomic mass is 14.6. The Kier molecular flexibility index (Phi) is 8.55. The van der Waals surface area contributed by atoms with Crippen molar-refractivity contribution in [3.05, 3.63) is 219 Å². The second-order valence-corrected chi connectivity index (χ2v) is 14.3. The summed E-state index contributed by atoms with van der Waals surface area (Å²) in [4.78, 5) is 8.71. The van der Waals surface area contributed by atoms with Crippen molar-refractivity contribution in [3.63, 3.8) is 0 Å². The lowest BCUT2D eigenvalue weighted by Gasteiger charge is -2.16. The first-order chi connectivity index (χ1) is 27.7. The highest BCUT2D eigenvalue weighted by Gasteiger charge is 2.14. The van der Waals surface area contributed by atoms with E-state index in [0.29, 0.717) is 0 Å². The first kappa shape index (κ1) is 33.2. The molecule has 0 aliphatic heterocycles. The van der Waals surface area contributed by atoms with Crippen molar-refractivity contribution in [2.24, 2.45) is 0 Å². The van der Waals surface area contributed by atoms with Gasteiger partial charge >= 0.3 is 0 Å². The molecule has 0 saturated heterocycles. The van der Waals surface area contributed by atoms with E-state index in [1.54, 1.807) is 0 Å². The van der Waals surface area contributed by atoms with Crippen molar-refractivity contribution in [2.45, 2.75) is 0 Å². The lowest BCUT2D eigenvalue weighted by Crippen LogP contribution is -1.90. The van der Waals surface area contributed by atoms with E-state index >= 15 is 0 Å². The van der Waals surface area contributed by atoms with Crippen molar-refractivity contribution >= 4 is 21.5 Å². The molecular formula is C54H36N2.